The minimum atomic E-state index is -0.110. The van der Waals surface area contributed by atoms with E-state index in [2.05, 4.69) is 16.2 Å². The maximum absolute atomic E-state index is 11.8. The quantitative estimate of drug-likeness (QED) is 0.618. The fraction of sp³-hybridized carbons (Fsp3) is 0.176. The summed E-state index contributed by atoms with van der Waals surface area (Å²) in [4.78, 5) is 18.9. The number of benzene rings is 1. The molecule has 116 valence electrons. The van der Waals surface area contributed by atoms with Gasteiger partial charge in [-0.1, -0.05) is 6.07 Å². The summed E-state index contributed by atoms with van der Waals surface area (Å²) in [5.74, 6) is 0.583. The Morgan fingerprint density at radius 1 is 1.17 bits per heavy atom. The molecule has 0 spiro atoms. The summed E-state index contributed by atoms with van der Waals surface area (Å²) in [6, 6.07) is 7.91. The van der Waals surface area contributed by atoms with Crippen LogP contribution in [-0.4, -0.2) is 26.2 Å². The molecule has 1 N–H and O–H groups in total. The summed E-state index contributed by atoms with van der Waals surface area (Å²) in [5.41, 5.74) is 4.76. The molecule has 0 saturated heterocycles. The number of hydrogen-bond donors (Lipinski definition) is 1. The number of ether oxygens (including phenoxy) is 1. The van der Waals surface area contributed by atoms with Crippen LogP contribution in [0, 0.1) is 0 Å². The fourth-order valence-corrected chi connectivity index (χ4v) is 2.99. The van der Waals surface area contributed by atoms with Crippen LogP contribution in [0.2, 0.25) is 0 Å². The second kappa shape index (κ2) is 4.74. The zero-order valence-corrected chi connectivity index (χ0v) is 13.1. The molecule has 6 nitrogen and oxygen atoms in total. The van der Waals surface area contributed by atoms with Crippen molar-refractivity contribution >= 4 is 21.9 Å². The number of hydrogen-bond acceptors (Lipinski definition) is 3. The van der Waals surface area contributed by atoms with Gasteiger partial charge in [0.15, 0.2) is 0 Å². The smallest absolute Gasteiger partial charge is 0.326 e. The van der Waals surface area contributed by atoms with Gasteiger partial charge in [-0.15, -0.1) is 0 Å². The summed E-state index contributed by atoms with van der Waals surface area (Å²) < 4.78 is 8.90. The summed E-state index contributed by atoms with van der Waals surface area (Å²) in [6.07, 6.45) is 3.87. The number of pyridine rings is 1. The molecule has 0 bridgehead atoms. The van der Waals surface area contributed by atoms with Gasteiger partial charge in [0.25, 0.3) is 0 Å². The van der Waals surface area contributed by atoms with Gasteiger partial charge >= 0.3 is 5.69 Å². The standard InChI is InChI=1S/C17H16N4O2/c1-20-9-12(11-7-16(23-3)18-8-15(11)20)10-4-5-13-14(6-10)21(2)17(22)19-13/h4-9H,1-3H3,(H,19,22). The first-order valence-corrected chi connectivity index (χ1v) is 7.26. The molecule has 0 aliphatic heterocycles. The van der Waals surface area contributed by atoms with E-state index in [9.17, 15) is 4.79 Å². The lowest BCUT2D eigenvalue weighted by molar-refractivity contribution is 0.398. The van der Waals surface area contributed by atoms with E-state index < -0.39 is 0 Å². The van der Waals surface area contributed by atoms with E-state index in [0.717, 1.165) is 33.1 Å². The first-order chi connectivity index (χ1) is 11.1. The largest absolute Gasteiger partial charge is 0.481 e. The molecule has 0 amide bonds. The molecule has 4 rings (SSSR count). The van der Waals surface area contributed by atoms with Gasteiger partial charge in [-0.2, -0.15) is 0 Å². The third-order valence-corrected chi connectivity index (χ3v) is 4.28. The van der Waals surface area contributed by atoms with Gasteiger partial charge in [-0.3, -0.25) is 4.57 Å². The van der Waals surface area contributed by atoms with Gasteiger partial charge in [0.1, 0.15) is 0 Å². The van der Waals surface area contributed by atoms with Crippen molar-refractivity contribution in [3.8, 4) is 17.0 Å². The Hall–Kier alpha value is -3.02. The molecule has 3 heterocycles. The number of H-pyrrole nitrogens is 1. The zero-order valence-electron chi connectivity index (χ0n) is 13.1. The van der Waals surface area contributed by atoms with Crippen molar-refractivity contribution in [3.63, 3.8) is 0 Å². The number of methoxy groups -OCH3 is 1. The molecule has 1 aromatic carbocycles. The summed E-state index contributed by atoms with van der Waals surface area (Å²) in [7, 11) is 5.37. The van der Waals surface area contributed by atoms with Crippen molar-refractivity contribution in [2.45, 2.75) is 0 Å². The molecule has 23 heavy (non-hydrogen) atoms. The molecule has 3 aromatic heterocycles. The van der Waals surface area contributed by atoms with Crippen molar-refractivity contribution in [2.75, 3.05) is 7.11 Å². The van der Waals surface area contributed by atoms with Crippen LogP contribution < -0.4 is 10.4 Å². The molecule has 6 heteroatoms. The second-order valence-corrected chi connectivity index (χ2v) is 5.62. The molecule has 0 atom stereocenters. The Morgan fingerprint density at radius 3 is 2.78 bits per heavy atom. The maximum Gasteiger partial charge on any atom is 0.326 e. The molecular weight excluding hydrogens is 292 g/mol. The minimum absolute atomic E-state index is 0.110. The van der Waals surface area contributed by atoms with Crippen molar-refractivity contribution in [3.05, 3.63) is 47.1 Å². The van der Waals surface area contributed by atoms with Gasteiger partial charge in [0, 0.05) is 37.3 Å². The number of nitrogens with zero attached hydrogens (tertiary/aromatic N) is 3. The summed E-state index contributed by atoms with van der Waals surface area (Å²) in [5, 5.41) is 1.07. The van der Waals surface area contributed by atoms with Crippen molar-refractivity contribution < 1.29 is 4.74 Å². The first-order valence-electron chi connectivity index (χ1n) is 7.26. The number of aromatic amines is 1. The van der Waals surface area contributed by atoms with E-state index in [4.69, 9.17) is 4.74 Å². The Labute approximate surface area is 131 Å². The van der Waals surface area contributed by atoms with Crippen LogP contribution in [-0.2, 0) is 14.1 Å². The minimum Gasteiger partial charge on any atom is -0.481 e. The highest BCUT2D eigenvalue weighted by atomic mass is 16.5. The van der Waals surface area contributed by atoms with Crippen molar-refractivity contribution in [1.29, 1.82) is 0 Å². The highest BCUT2D eigenvalue weighted by Gasteiger charge is 2.12. The lowest BCUT2D eigenvalue weighted by Crippen LogP contribution is -2.11. The maximum atomic E-state index is 11.8. The average Bonchev–Trinajstić information content (AvgIpc) is 3.04. The molecule has 0 radical (unpaired) electrons. The second-order valence-electron chi connectivity index (χ2n) is 5.62. The number of aryl methyl sites for hydroxylation is 2. The van der Waals surface area contributed by atoms with E-state index in [1.165, 1.54) is 0 Å². The van der Waals surface area contributed by atoms with Gasteiger partial charge < -0.3 is 14.3 Å². The van der Waals surface area contributed by atoms with Crippen LogP contribution >= 0.6 is 0 Å². The van der Waals surface area contributed by atoms with E-state index >= 15 is 0 Å². The Balaban J connectivity index is 2.01. The van der Waals surface area contributed by atoms with E-state index in [-0.39, 0.29) is 5.69 Å². The molecule has 0 saturated carbocycles. The van der Waals surface area contributed by atoms with Crippen molar-refractivity contribution in [2.24, 2.45) is 14.1 Å². The monoisotopic (exact) mass is 308 g/mol. The van der Waals surface area contributed by atoms with Crippen LogP contribution in [0.1, 0.15) is 0 Å². The lowest BCUT2D eigenvalue weighted by Gasteiger charge is -2.03. The third kappa shape index (κ3) is 1.95. The fourth-order valence-electron chi connectivity index (χ4n) is 2.99. The summed E-state index contributed by atoms with van der Waals surface area (Å²) >= 11 is 0. The number of aromatic nitrogens is 4. The molecule has 0 aliphatic carbocycles. The number of nitrogens with one attached hydrogen (secondary N) is 1. The number of rotatable bonds is 2. The Bertz CT molecular complexity index is 1100. The highest BCUT2D eigenvalue weighted by molar-refractivity contribution is 5.98. The third-order valence-electron chi connectivity index (χ3n) is 4.28. The molecule has 0 unspecified atom stereocenters. The van der Waals surface area contributed by atoms with Crippen LogP contribution in [0.5, 0.6) is 5.88 Å². The number of fused-ring (bicyclic) bond motifs is 2. The van der Waals surface area contributed by atoms with Crippen molar-refractivity contribution in [1.82, 2.24) is 19.1 Å². The van der Waals surface area contributed by atoms with Gasteiger partial charge in [-0.25, -0.2) is 9.78 Å². The van der Waals surface area contributed by atoms with Gasteiger partial charge in [0.2, 0.25) is 5.88 Å². The number of imidazole rings is 1. The normalized spacial score (nSPS) is 11.4. The SMILES string of the molecule is COc1cc2c(-c3ccc4[nH]c(=O)n(C)c4c3)cn(C)c2cn1. The van der Waals surface area contributed by atoms with E-state index in [1.807, 2.05) is 42.1 Å². The lowest BCUT2D eigenvalue weighted by atomic mass is 10.0. The molecule has 4 aromatic rings. The Morgan fingerprint density at radius 2 is 2.00 bits per heavy atom. The summed E-state index contributed by atoms with van der Waals surface area (Å²) in [6.45, 7) is 0. The molecule has 0 aliphatic rings. The van der Waals surface area contributed by atoms with E-state index in [1.54, 1.807) is 18.7 Å². The molecule has 0 fully saturated rings. The topological polar surface area (TPSA) is 64.8 Å². The zero-order chi connectivity index (χ0) is 16.1. The van der Waals surface area contributed by atoms with Crippen LogP contribution in [0.4, 0.5) is 0 Å². The predicted octanol–water partition coefficient (Wildman–Crippen LogP) is 2.43. The van der Waals surface area contributed by atoms with Gasteiger partial charge in [0.05, 0.1) is 29.9 Å². The Kier molecular flexibility index (Phi) is 2.81. The van der Waals surface area contributed by atoms with Crippen LogP contribution in [0.25, 0.3) is 33.1 Å². The van der Waals surface area contributed by atoms with Crippen LogP contribution in [0.3, 0.4) is 0 Å². The average molecular weight is 308 g/mol. The van der Waals surface area contributed by atoms with Crippen LogP contribution in [0.15, 0.2) is 41.5 Å². The first kappa shape index (κ1) is 13.6. The predicted molar refractivity (Wildman–Crippen MR) is 89.8 cm³/mol. The van der Waals surface area contributed by atoms with Gasteiger partial charge in [-0.05, 0) is 17.7 Å². The van der Waals surface area contributed by atoms with E-state index in [0.29, 0.717) is 5.88 Å². The highest BCUT2D eigenvalue weighted by Crippen LogP contribution is 2.32. The molecular formula is C17H16N4O2.